The summed E-state index contributed by atoms with van der Waals surface area (Å²) in [4.78, 5) is 11.5. The van der Waals surface area contributed by atoms with Crippen LogP contribution in [0.3, 0.4) is 0 Å². The van der Waals surface area contributed by atoms with E-state index in [2.05, 4.69) is 10.5 Å². The van der Waals surface area contributed by atoms with Gasteiger partial charge in [0.15, 0.2) is 9.84 Å². The molecular weight excluding hydrogens is 304 g/mol. The first-order valence-corrected chi connectivity index (χ1v) is 9.04. The number of rotatable bonds is 3. The molecule has 6 nitrogen and oxygen atoms in total. The van der Waals surface area contributed by atoms with Crippen molar-refractivity contribution in [2.24, 2.45) is 0 Å². The summed E-state index contributed by atoms with van der Waals surface area (Å²) in [6.07, 6.45) is 2.91. The van der Waals surface area contributed by atoms with Crippen LogP contribution >= 0.6 is 0 Å². The Morgan fingerprint density at radius 3 is 2.55 bits per heavy atom. The molecule has 0 radical (unpaired) electrons. The second kappa shape index (κ2) is 5.73. The predicted octanol–water partition coefficient (Wildman–Crippen LogP) is 1.58. The Balaban J connectivity index is 1.78. The highest BCUT2D eigenvalue weighted by molar-refractivity contribution is 7.90. The van der Waals surface area contributed by atoms with Crippen LogP contribution in [0.4, 0.5) is 0 Å². The van der Waals surface area contributed by atoms with Crippen LogP contribution in [-0.4, -0.2) is 26.4 Å². The topological polar surface area (TPSA) is 92.2 Å². The molecule has 1 fully saturated rings. The van der Waals surface area contributed by atoms with Gasteiger partial charge in [0.25, 0.3) is 5.56 Å². The maximum atomic E-state index is 11.5. The Morgan fingerprint density at radius 2 is 1.95 bits per heavy atom. The van der Waals surface area contributed by atoms with Crippen LogP contribution in [0.5, 0.6) is 0 Å². The molecular formula is C15H18N2O4S. The highest BCUT2D eigenvalue weighted by Crippen LogP contribution is 2.33. The quantitative estimate of drug-likeness (QED) is 0.895. The Morgan fingerprint density at radius 1 is 1.23 bits per heavy atom. The maximum Gasteiger partial charge on any atom is 0.280 e. The van der Waals surface area contributed by atoms with Gasteiger partial charge in [0.05, 0.1) is 4.90 Å². The SMILES string of the molecule is CS(=O)(=O)c1ccc([C@@H]2C[C@@H](c3cc(=O)[nH]o3)CCN2)cc1. The average molecular weight is 322 g/mol. The van der Waals surface area contributed by atoms with Crippen molar-refractivity contribution in [2.45, 2.75) is 29.7 Å². The zero-order valence-electron chi connectivity index (χ0n) is 12.2. The van der Waals surface area contributed by atoms with Crippen LogP contribution in [0.2, 0.25) is 0 Å². The molecule has 1 aliphatic rings. The van der Waals surface area contributed by atoms with Gasteiger partial charge in [-0.2, -0.15) is 5.16 Å². The molecule has 2 aromatic rings. The van der Waals surface area contributed by atoms with Crippen molar-refractivity contribution in [3.05, 3.63) is 52.0 Å². The molecule has 1 aromatic carbocycles. The number of hydrogen-bond donors (Lipinski definition) is 2. The normalized spacial score (nSPS) is 22.6. The summed E-state index contributed by atoms with van der Waals surface area (Å²) in [6.45, 7) is 0.818. The van der Waals surface area contributed by atoms with Crippen LogP contribution in [0.25, 0.3) is 0 Å². The van der Waals surface area contributed by atoms with E-state index in [1.54, 1.807) is 12.1 Å². The summed E-state index contributed by atoms with van der Waals surface area (Å²) in [6, 6.07) is 8.55. The number of aromatic nitrogens is 1. The van der Waals surface area contributed by atoms with Gasteiger partial charge < -0.3 is 9.84 Å². The summed E-state index contributed by atoms with van der Waals surface area (Å²) in [7, 11) is -3.18. The summed E-state index contributed by atoms with van der Waals surface area (Å²) in [5.41, 5.74) is 0.817. The smallest absolute Gasteiger partial charge is 0.280 e. The zero-order valence-corrected chi connectivity index (χ0v) is 13.0. The van der Waals surface area contributed by atoms with E-state index in [4.69, 9.17) is 4.52 Å². The summed E-state index contributed by atoms with van der Waals surface area (Å²) in [5.74, 6) is 0.865. The van der Waals surface area contributed by atoms with Crippen LogP contribution in [0.15, 0.2) is 44.5 Å². The second-order valence-corrected chi connectivity index (χ2v) is 7.70. The third-order valence-electron chi connectivity index (χ3n) is 4.06. The highest BCUT2D eigenvalue weighted by atomic mass is 32.2. The standard InChI is InChI=1S/C15H18N2O4S/c1-22(19,20)12-4-2-10(3-5-12)13-8-11(6-7-16-13)14-9-15(18)17-21-14/h2-5,9,11,13,16H,6-8H2,1H3,(H,17,18)/t11-,13-/m0/s1. The summed E-state index contributed by atoms with van der Waals surface area (Å²) in [5, 5.41) is 5.75. The van der Waals surface area contributed by atoms with E-state index in [9.17, 15) is 13.2 Å². The van der Waals surface area contributed by atoms with E-state index >= 15 is 0 Å². The van der Waals surface area contributed by atoms with Crippen LogP contribution in [0, 0.1) is 0 Å². The van der Waals surface area contributed by atoms with Crippen LogP contribution in [-0.2, 0) is 9.84 Å². The molecule has 7 heteroatoms. The van der Waals surface area contributed by atoms with E-state index < -0.39 is 9.84 Å². The number of H-pyrrole nitrogens is 1. The molecule has 3 rings (SSSR count). The molecule has 0 bridgehead atoms. The second-order valence-electron chi connectivity index (χ2n) is 5.68. The number of sulfone groups is 1. The first-order valence-electron chi connectivity index (χ1n) is 7.15. The van der Waals surface area contributed by atoms with E-state index in [0.717, 1.165) is 24.9 Å². The Labute approximate surface area is 128 Å². The minimum atomic E-state index is -3.18. The molecule has 0 saturated carbocycles. The number of hydrogen-bond acceptors (Lipinski definition) is 5. The summed E-state index contributed by atoms with van der Waals surface area (Å²) >= 11 is 0. The van der Waals surface area contributed by atoms with Gasteiger partial charge in [0.2, 0.25) is 0 Å². The number of nitrogens with one attached hydrogen (secondary N) is 2. The predicted molar refractivity (Wildman–Crippen MR) is 81.6 cm³/mol. The van der Waals surface area contributed by atoms with E-state index in [-0.39, 0.29) is 17.5 Å². The molecule has 0 aliphatic carbocycles. The van der Waals surface area contributed by atoms with Crippen molar-refractivity contribution in [2.75, 3.05) is 12.8 Å². The molecule has 22 heavy (non-hydrogen) atoms. The number of aromatic amines is 1. The van der Waals surface area contributed by atoms with Crippen LogP contribution < -0.4 is 10.9 Å². The lowest BCUT2D eigenvalue weighted by Gasteiger charge is -2.29. The first kappa shape index (κ1) is 15.1. The van der Waals surface area contributed by atoms with Gasteiger partial charge >= 0.3 is 0 Å². The monoisotopic (exact) mass is 322 g/mol. The lowest BCUT2D eigenvalue weighted by atomic mass is 9.87. The molecule has 2 heterocycles. The highest BCUT2D eigenvalue weighted by Gasteiger charge is 2.26. The molecule has 118 valence electrons. The van der Waals surface area contributed by atoms with Crippen LogP contribution in [0.1, 0.15) is 36.1 Å². The minimum Gasteiger partial charge on any atom is -0.383 e. The van der Waals surface area contributed by atoms with Gasteiger partial charge in [-0.05, 0) is 37.1 Å². The van der Waals surface area contributed by atoms with Gasteiger partial charge in [-0.15, -0.1) is 0 Å². The zero-order chi connectivity index (χ0) is 15.7. The molecule has 0 amide bonds. The van der Waals surface area contributed by atoms with Crippen molar-refractivity contribution in [3.63, 3.8) is 0 Å². The van der Waals surface area contributed by atoms with Crippen molar-refractivity contribution >= 4 is 9.84 Å². The molecule has 2 N–H and O–H groups in total. The van der Waals surface area contributed by atoms with Gasteiger partial charge in [-0.3, -0.25) is 4.79 Å². The number of piperidine rings is 1. The molecule has 1 saturated heterocycles. The fraction of sp³-hybridized carbons (Fsp3) is 0.400. The Hall–Kier alpha value is -1.86. The fourth-order valence-corrected chi connectivity index (χ4v) is 3.51. The van der Waals surface area contributed by atoms with Gasteiger partial charge in [-0.1, -0.05) is 12.1 Å². The third kappa shape index (κ3) is 3.15. The van der Waals surface area contributed by atoms with E-state index in [1.807, 2.05) is 12.1 Å². The van der Waals surface area contributed by atoms with Crippen molar-refractivity contribution in [1.82, 2.24) is 10.5 Å². The van der Waals surface area contributed by atoms with Crippen molar-refractivity contribution in [3.8, 4) is 0 Å². The third-order valence-corrected chi connectivity index (χ3v) is 5.19. The molecule has 0 unspecified atom stereocenters. The van der Waals surface area contributed by atoms with Gasteiger partial charge in [0, 0.05) is 24.3 Å². The molecule has 0 spiro atoms. The average Bonchev–Trinajstić information content (AvgIpc) is 2.93. The Kier molecular flexibility index (Phi) is 3.92. The molecule has 1 aromatic heterocycles. The lowest BCUT2D eigenvalue weighted by Crippen LogP contribution is -2.30. The molecule has 1 aliphatic heterocycles. The maximum absolute atomic E-state index is 11.5. The largest absolute Gasteiger partial charge is 0.383 e. The van der Waals surface area contributed by atoms with Gasteiger partial charge in [-0.25, -0.2) is 8.42 Å². The lowest BCUT2D eigenvalue weighted by molar-refractivity contribution is 0.295. The summed E-state index contributed by atoms with van der Waals surface area (Å²) < 4.78 is 28.2. The Bertz CT molecular complexity index is 805. The molecule has 2 atom stereocenters. The number of benzene rings is 1. The van der Waals surface area contributed by atoms with Gasteiger partial charge in [0.1, 0.15) is 5.76 Å². The minimum absolute atomic E-state index is 0.118. The first-order chi connectivity index (χ1) is 10.4. The van der Waals surface area contributed by atoms with E-state index in [1.165, 1.54) is 12.3 Å². The van der Waals surface area contributed by atoms with Crippen molar-refractivity contribution < 1.29 is 12.9 Å². The van der Waals surface area contributed by atoms with Crippen molar-refractivity contribution in [1.29, 1.82) is 0 Å². The fourth-order valence-electron chi connectivity index (χ4n) is 2.88. The van der Waals surface area contributed by atoms with E-state index in [0.29, 0.717) is 10.7 Å².